The van der Waals surface area contributed by atoms with Gasteiger partial charge >= 0.3 is 0 Å². The van der Waals surface area contributed by atoms with Gasteiger partial charge in [-0.05, 0) is 43.4 Å². The monoisotopic (exact) mass is 481 g/mol. The Morgan fingerprint density at radius 3 is 2.41 bits per heavy atom. The predicted octanol–water partition coefficient (Wildman–Crippen LogP) is 6.36. The zero-order valence-electron chi connectivity index (χ0n) is 19.0. The van der Waals surface area contributed by atoms with Crippen LogP contribution in [-0.2, 0) is 0 Å². The number of carbonyl (C=O) groups excluding carboxylic acids is 1. The maximum atomic E-state index is 14.3. The Morgan fingerprint density at radius 2 is 1.68 bits per heavy atom. The van der Waals surface area contributed by atoms with Crippen molar-refractivity contribution in [3.63, 3.8) is 0 Å². The second kappa shape index (κ2) is 10.7. The molecule has 0 aliphatic heterocycles. The van der Waals surface area contributed by atoms with E-state index in [1.165, 1.54) is 11.0 Å². The Labute approximate surface area is 201 Å². The number of anilines is 1. The van der Waals surface area contributed by atoms with Gasteiger partial charge in [0.2, 0.25) is 0 Å². The standard InChI is InChI=1S/C26H25F2N3O2S/c1-3-30(4-2)14-15-31(26-29-24-21(28)16-18(27)17-23(24)34-26)25(32)20-12-8-9-13-22(20)33-19-10-6-5-7-11-19/h5-13,16-17H,3-4,14-15H2,1-2H3. The van der Waals surface area contributed by atoms with Gasteiger partial charge < -0.3 is 9.64 Å². The molecule has 34 heavy (non-hydrogen) atoms. The van der Waals surface area contributed by atoms with E-state index >= 15 is 0 Å². The second-order valence-corrected chi connectivity index (χ2v) is 8.63. The molecule has 0 bridgehead atoms. The maximum absolute atomic E-state index is 14.3. The summed E-state index contributed by atoms with van der Waals surface area (Å²) in [4.78, 5) is 21.9. The Kier molecular flexibility index (Phi) is 7.49. The Morgan fingerprint density at radius 1 is 0.971 bits per heavy atom. The fraction of sp³-hybridized carbons (Fsp3) is 0.231. The molecule has 3 aromatic carbocycles. The molecule has 4 aromatic rings. The van der Waals surface area contributed by atoms with Crippen molar-refractivity contribution in [1.29, 1.82) is 0 Å². The maximum Gasteiger partial charge on any atom is 0.263 e. The van der Waals surface area contributed by atoms with E-state index in [4.69, 9.17) is 4.74 Å². The van der Waals surface area contributed by atoms with E-state index in [1.54, 1.807) is 24.3 Å². The lowest BCUT2D eigenvalue weighted by Crippen LogP contribution is -2.39. The first kappa shape index (κ1) is 23.8. The van der Waals surface area contributed by atoms with Crippen LogP contribution in [0.15, 0.2) is 66.7 Å². The van der Waals surface area contributed by atoms with Gasteiger partial charge in [-0.1, -0.05) is 55.5 Å². The van der Waals surface area contributed by atoms with Gasteiger partial charge in [0.1, 0.15) is 22.8 Å². The van der Waals surface area contributed by atoms with Crippen LogP contribution in [0.5, 0.6) is 11.5 Å². The molecule has 4 rings (SSSR count). The number of halogens is 2. The zero-order valence-corrected chi connectivity index (χ0v) is 19.8. The highest BCUT2D eigenvalue weighted by molar-refractivity contribution is 7.22. The first-order valence-electron chi connectivity index (χ1n) is 11.1. The summed E-state index contributed by atoms with van der Waals surface area (Å²) in [7, 11) is 0. The number of aromatic nitrogens is 1. The van der Waals surface area contributed by atoms with Crippen molar-refractivity contribution in [2.24, 2.45) is 0 Å². The van der Waals surface area contributed by atoms with Crippen molar-refractivity contribution in [2.45, 2.75) is 13.8 Å². The highest BCUT2D eigenvalue weighted by Crippen LogP contribution is 2.33. The molecule has 0 saturated carbocycles. The number of carbonyl (C=O) groups is 1. The number of rotatable bonds is 9. The molecule has 5 nitrogen and oxygen atoms in total. The summed E-state index contributed by atoms with van der Waals surface area (Å²) in [6.07, 6.45) is 0. The van der Waals surface area contributed by atoms with Crippen LogP contribution in [0.25, 0.3) is 10.2 Å². The minimum absolute atomic E-state index is 0.0517. The van der Waals surface area contributed by atoms with Crippen LogP contribution in [0.4, 0.5) is 13.9 Å². The van der Waals surface area contributed by atoms with E-state index in [2.05, 4.69) is 23.7 Å². The van der Waals surface area contributed by atoms with Crippen LogP contribution in [0.2, 0.25) is 0 Å². The quantitative estimate of drug-likeness (QED) is 0.279. The molecule has 1 aromatic heterocycles. The molecular formula is C26H25F2N3O2S. The summed E-state index contributed by atoms with van der Waals surface area (Å²) in [5.74, 6) is -0.734. The van der Waals surface area contributed by atoms with Crippen LogP contribution < -0.4 is 9.64 Å². The fourth-order valence-electron chi connectivity index (χ4n) is 3.62. The molecule has 0 fully saturated rings. The summed E-state index contributed by atoms with van der Waals surface area (Å²) in [5.41, 5.74) is 0.410. The van der Waals surface area contributed by atoms with Gasteiger partial charge in [0.15, 0.2) is 10.9 Å². The number of thiazole rings is 1. The van der Waals surface area contributed by atoms with Gasteiger partial charge in [0.05, 0.1) is 10.3 Å². The zero-order chi connectivity index (χ0) is 24.1. The van der Waals surface area contributed by atoms with Crippen molar-refractivity contribution in [1.82, 2.24) is 9.88 Å². The molecule has 1 heterocycles. The van der Waals surface area contributed by atoms with Gasteiger partial charge in [-0.25, -0.2) is 13.8 Å². The molecular weight excluding hydrogens is 456 g/mol. The summed E-state index contributed by atoms with van der Waals surface area (Å²) in [5, 5.41) is 0.311. The van der Waals surface area contributed by atoms with Crippen LogP contribution in [0.1, 0.15) is 24.2 Å². The van der Waals surface area contributed by atoms with Gasteiger partial charge in [-0.3, -0.25) is 9.69 Å². The van der Waals surface area contributed by atoms with Crippen molar-refractivity contribution in [2.75, 3.05) is 31.1 Å². The van der Waals surface area contributed by atoms with Crippen molar-refractivity contribution in [3.05, 3.63) is 83.9 Å². The largest absolute Gasteiger partial charge is 0.457 e. The first-order chi connectivity index (χ1) is 16.5. The number of para-hydroxylation sites is 2. The highest BCUT2D eigenvalue weighted by Gasteiger charge is 2.25. The van der Waals surface area contributed by atoms with Crippen LogP contribution >= 0.6 is 11.3 Å². The summed E-state index contributed by atoms with van der Waals surface area (Å²) in [6, 6.07) is 18.2. The molecule has 176 valence electrons. The lowest BCUT2D eigenvalue weighted by atomic mass is 10.1. The summed E-state index contributed by atoms with van der Waals surface area (Å²) in [6.45, 7) is 6.69. The third kappa shape index (κ3) is 5.24. The van der Waals surface area contributed by atoms with E-state index in [0.29, 0.717) is 40.0 Å². The minimum Gasteiger partial charge on any atom is -0.457 e. The van der Waals surface area contributed by atoms with E-state index < -0.39 is 11.6 Å². The Balaban J connectivity index is 1.72. The Bertz CT molecular complexity index is 1280. The molecule has 0 aliphatic carbocycles. The highest BCUT2D eigenvalue weighted by atomic mass is 32.1. The average Bonchev–Trinajstić information content (AvgIpc) is 3.26. The van der Waals surface area contributed by atoms with Crippen LogP contribution in [-0.4, -0.2) is 42.0 Å². The normalized spacial score (nSPS) is 11.2. The molecule has 8 heteroatoms. The number of hydrogen-bond donors (Lipinski definition) is 0. The fourth-order valence-corrected chi connectivity index (χ4v) is 4.65. The van der Waals surface area contributed by atoms with E-state index in [1.807, 2.05) is 30.3 Å². The lowest BCUT2D eigenvalue weighted by molar-refractivity contribution is 0.0981. The number of benzene rings is 3. The topological polar surface area (TPSA) is 45.7 Å². The van der Waals surface area contributed by atoms with E-state index in [-0.39, 0.29) is 11.4 Å². The van der Waals surface area contributed by atoms with E-state index in [9.17, 15) is 13.6 Å². The van der Waals surface area contributed by atoms with Gasteiger partial charge in [-0.2, -0.15) is 0 Å². The van der Waals surface area contributed by atoms with Gasteiger partial charge in [-0.15, -0.1) is 0 Å². The van der Waals surface area contributed by atoms with E-state index in [0.717, 1.165) is 30.5 Å². The van der Waals surface area contributed by atoms with Crippen molar-refractivity contribution in [3.8, 4) is 11.5 Å². The molecule has 0 aliphatic rings. The molecule has 0 atom stereocenters. The third-order valence-corrected chi connectivity index (χ3v) is 6.53. The molecule has 0 saturated heterocycles. The number of amides is 1. The van der Waals surface area contributed by atoms with Crippen molar-refractivity contribution >= 4 is 32.6 Å². The number of likely N-dealkylation sites (N-methyl/N-ethyl adjacent to an activating group) is 1. The third-order valence-electron chi connectivity index (χ3n) is 5.50. The smallest absolute Gasteiger partial charge is 0.263 e. The lowest BCUT2D eigenvalue weighted by Gasteiger charge is -2.25. The molecule has 0 radical (unpaired) electrons. The summed E-state index contributed by atoms with van der Waals surface area (Å²) < 4.78 is 34.5. The molecule has 0 N–H and O–H groups in total. The van der Waals surface area contributed by atoms with Crippen LogP contribution in [0.3, 0.4) is 0 Å². The molecule has 0 spiro atoms. The van der Waals surface area contributed by atoms with Gasteiger partial charge in [0.25, 0.3) is 5.91 Å². The number of hydrogen-bond acceptors (Lipinski definition) is 5. The minimum atomic E-state index is -0.749. The van der Waals surface area contributed by atoms with Crippen molar-refractivity contribution < 1.29 is 18.3 Å². The summed E-state index contributed by atoms with van der Waals surface area (Å²) >= 11 is 1.09. The predicted molar refractivity (Wildman–Crippen MR) is 132 cm³/mol. The Hall–Kier alpha value is -3.36. The average molecular weight is 482 g/mol. The number of nitrogens with zero attached hydrogens (tertiary/aromatic N) is 3. The van der Waals surface area contributed by atoms with Crippen LogP contribution in [0, 0.1) is 11.6 Å². The number of ether oxygens (including phenoxy) is 1. The molecule has 1 amide bonds. The molecule has 0 unspecified atom stereocenters. The number of fused-ring (bicyclic) bond motifs is 1. The second-order valence-electron chi connectivity index (χ2n) is 7.63. The first-order valence-corrected chi connectivity index (χ1v) is 11.9. The van der Waals surface area contributed by atoms with Gasteiger partial charge in [0, 0.05) is 19.2 Å². The SMILES string of the molecule is CCN(CC)CCN(C(=O)c1ccccc1Oc1ccccc1)c1nc2c(F)cc(F)cc2s1.